The summed E-state index contributed by atoms with van der Waals surface area (Å²) >= 11 is 17.1. The lowest BCUT2D eigenvalue weighted by atomic mass is 10.3. The molecule has 0 spiro atoms. The molecule has 0 radical (unpaired) electrons. The standard InChI is InChI=1S/C7H11Cl3N2O2S/c1-5(2)4-11-14-6(13)12(3)15-7(8,9)10/h4-5H,1-3H3/b11-4+. The van der Waals surface area contributed by atoms with Crippen LogP contribution in [0.15, 0.2) is 5.16 Å². The fraction of sp³-hybridized carbons (Fsp3) is 0.714. The van der Waals surface area contributed by atoms with Crippen LogP contribution in [0.4, 0.5) is 4.79 Å². The van der Waals surface area contributed by atoms with Crippen LogP contribution in [0, 0.1) is 5.92 Å². The van der Waals surface area contributed by atoms with E-state index >= 15 is 0 Å². The van der Waals surface area contributed by atoms with E-state index in [0.29, 0.717) is 11.9 Å². The van der Waals surface area contributed by atoms with Gasteiger partial charge in [-0.2, -0.15) is 0 Å². The predicted octanol–water partition coefficient (Wildman–Crippen LogP) is 3.67. The summed E-state index contributed by atoms with van der Waals surface area (Å²) in [6, 6.07) is 0. The molecule has 0 saturated heterocycles. The zero-order valence-corrected chi connectivity index (χ0v) is 11.5. The van der Waals surface area contributed by atoms with Crippen LogP contribution < -0.4 is 0 Å². The molecule has 0 N–H and O–H groups in total. The third-order valence-corrected chi connectivity index (χ3v) is 2.24. The van der Waals surface area contributed by atoms with Gasteiger partial charge in [0.25, 0.3) is 3.12 Å². The van der Waals surface area contributed by atoms with Crippen molar-refractivity contribution in [3.63, 3.8) is 0 Å². The first-order chi connectivity index (χ1) is 6.72. The highest BCUT2D eigenvalue weighted by Crippen LogP contribution is 2.40. The van der Waals surface area contributed by atoms with Crippen molar-refractivity contribution in [2.24, 2.45) is 11.1 Å². The molecule has 0 aliphatic heterocycles. The molecular weight excluding hydrogens is 283 g/mol. The Balaban J connectivity index is 4.00. The smallest absolute Gasteiger partial charge is 0.298 e. The normalized spacial score (nSPS) is 12.2. The predicted molar refractivity (Wildman–Crippen MR) is 65.5 cm³/mol. The minimum absolute atomic E-state index is 0.198. The lowest BCUT2D eigenvalue weighted by molar-refractivity contribution is 0.137. The van der Waals surface area contributed by atoms with Gasteiger partial charge in [-0.25, -0.2) is 9.10 Å². The highest BCUT2D eigenvalue weighted by atomic mass is 35.6. The van der Waals surface area contributed by atoms with Gasteiger partial charge in [0.15, 0.2) is 0 Å². The number of hydrogen-bond acceptors (Lipinski definition) is 4. The second-order valence-electron chi connectivity index (χ2n) is 2.89. The topological polar surface area (TPSA) is 41.9 Å². The van der Waals surface area contributed by atoms with Gasteiger partial charge in [-0.1, -0.05) is 53.8 Å². The molecule has 0 aromatic heterocycles. The van der Waals surface area contributed by atoms with Crippen LogP contribution >= 0.6 is 46.8 Å². The summed E-state index contributed by atoms with van der Waals surface area (Å²) in [7, 11) is 1.42. The van der Waals surface area contributed by atoms with E-state index in [1.54, 1.807) is 0 Å². The highest BCUT2D eigenvalue weighted by Gasteiger charge is 2.27. The number of halogens is 3. The first-order valence-corrected chi connectivity index (χ1v) is 5.87. The second kappa shape index (κ2) is 6.68. The molecule has 0 unspecified atom stereocenters. The fourth-order valence-electron chi connectivity index (χ4n) is 0.447. The molecule has 0 fully saturated rings. The van der Waals surface area contributed by atoms with Gasteiger partial charge < -0.3 is 0 Å². The molecule has 0 heterocycles. The third-order valence-electron chi connectivity index (χ3n) is 0.987. The average molecular weight is 294 g/mol. The van der Waals surface area contributed by atoms with E-state index in [4.69, 9.17) is 34.8 Å². The molecule has 0 saturated carbocycles. The van der Waals surface area contributed by atoms with E-state index in [0.717, 1.165) is 4.31 Å². The van der Waals surface area contributed by atoms with E-state index in [2.05, 4.69) is 9.99 Å². The van der Waals surface area contributed by atoms with Gasteiger partial charge in [0.05, 0.1) is 0 Å². The SMILES string of the molecule is CC(C)/C=N/OC(=O)N(C)SC(Cl)(Cl)Cl. The molecule has 0 aromatic carbocycles. The monoisotopic (exact) mass is 292 g/mol. The maximum atomic E-state index is 11.2. The number of carbonyl (C=O) groups excluding carboxylic acids is 1. The highest BCUT2D eigenvalue weighted by molar-refractivity contribution is 8.03. The summed E-state index contributed by atoms with van der Waals surface area (Å²) < 4.78 is -0.555. The molecule has 88 valence electrons. The number of amides is 1. The van der Waals surface area contributed by atoms with Crippen LogP contribution in [-0.2, 0) is 4.84 Å². The molecule has 0 atom stereocenters. The molecule has 1 amide bonds. The number of alkyl halides is 3. The third kappa shape index (κ3) is 9.11. The summed E-state index contributed by atoms with van der Waals surface area (Å²) in [6.07, 6.45) is 0.786. The van der Waals surface area contributed by atoms with Crippen molar-refractivity contribution < 1.29 is 9.63 Å². The van der Waals surface area contributed by atoms with Crippen molar-refractivity contribution in [2.45, 2.75) is 17.0 Å². The summed E-state index contributed by atoms with van der Waals surface area (Å²) in [4.78, 5) is 15.7. The Morgan fingerprint density at radius 3 is 2.47 bits per heavy atom. The summed E-state index contributed by atoms with van der Waals surface area (Å²) in [5.74, 6) is 0.198. The van der Waals surface area contributed by atoms with Crippen LogP contribution in [0.2, 0.25) is 0 Å². The van der Waals surface area contributed by atoms with Crippen molar-refractivity contribution >= 4 is 59.1 Å². The molecule has 0 rings (SSSR count). The van der Waals surface area contributed by atoms with Crippen molar-refractivity contribution in [3.05, 3.63) is 0 Å². The quantitative estimate of drug-likeness (QED) is 0.262. The summed E-state index contributed by atoms with van der Waals surface area (Å²) in [5, 5.41) is 3.46. The average Bonchev–Trinajstić information content (AvgIpc) is 1.99. The Kier molecular flexibility index (Phi) is 6.75. The van der Waals surface area contributed by atoms with E-state index in [-0.39, 0.29) is 5.92 Å². The molecule has 4 nitrogen and oxygen atoms in total. The number of carbonyl (C=O) groups is 1. The first-order valence-electron chi connectivity index (χ1n) is 3.96. The number of oxime groups is 1. The van der Waals surface area contributed by atoms with Gasteiger partial charge in [0.2, 0.25) is 0 Å². The Labute approximate surface area is 108 Å². The van der Waals surface area contributed by atoms with Crippen LogP contribution in [-0.4, -0.2) is 26.8 Å². The van der Waals surface area contributed by atoms with Crippen molar-refractivity contribution in [1.29, 1.82) is 0 Å². The van der Waals surface area contributed by atoms with Gasteiger partial charge in [-0.15, -0.1) is 0 Å². The fourth-order valence-corrected chi connectivity index (χ4v) is 1.80. The van der Waals surface area contributed by atoms with Gasteiger partial charge >= 0.3 is 6.09 Å². The molecule has 0 bridgehead atoms. The van der Waals surface area contributed by atoms with E-state index in [1.807, 2.05) is 13.8 Å². The Bertz CT molecular complexity index is 243. The minimum Gasteiger partial charge on any atom is -0.298 e. The molecule has 8 heteroatoms. The van der Waals surface area contributed by atoms with Gasteiger partial charge in [0, 0.05) is 25.2 Å². The van der Waals surface area contributed by atoms with Crippen molar-refractivity contribution in [3.8, 4) is 0 Å². The van der Waals surface area contributed by atoms with Crippen LogP contribution in [0.25, 0.3) is 0 Å². The Hall–Kier alpha value is 0.160. The molecule has 0 aliphatic carbocycles. The molecule has 0 aromatic rings. The van der Waals surface area contributed by atoms with Gasteiger partial charge in [-0.3, -0.25) is 4.84 Å². The number of hydrogen-bond donors (Lipinski definition) is 0. The number of nitrogens with zero attached hydrogens (tertiary/aromatic N) is 2. The van der Waals surface area contributed by atoms with E-state index < -0.39 is 9.22 Å². The molecular formula is C7H11Cl3N2O2S. The van der Waals surface area contributed by atoms with Gasteiger partial charge in [0.1, 0.15) is 0 Å². The largest absolute Gasteiger partial charge is 0.445 e. The van der Waals surface area contributed by atoms with Crippen LogP contribution in [0.5, 0.6) is 0 Å². The summed E-state index contributed by atoms with van der Waals surface area (Å²) in [5.41, 5.74) is 0. The van der Waals surface area contributed by atoms with Crippen molar-refractivity contribution in [2.75, 3.05) is 7.05 Å². The van der Waals surface area contributed by atoms with Crippen molar-refractivity contribution in [1.82, 2.24) is 4.31 Å². The lowest BCUT2D eigenvalue weighted by Crippen LogP contribution is -2.22. The maximum Gasteiger partial charge on any atom is 0.445 e. The molecule has 0 aliphatic rings. The Morgan fingerprint density at radius 1 is 1.53 bits per heavy atom. The summed E-state index contributed by atoms with van der Waals surface area (Å²) in [6.45, 7) is 3.80. The zero-order chi connectivity index (χ0) is 12.1. The van der Waals surface area contributed by atoms with Crippen LogP contribution in [0.1, 0.15) is 13.8 Å². The van der Waals surface area contributed by atoms with Gasteiger partial charge in [-0.05, 0) is 5.92 Å². The van der Waals surface area contributed by atoms with E-state index in [9.17, 15) is 4.79 Å². The van der Waals surface area contributed by atoms with Crippen LogP contribution in [0.3, 0.4) is 0 Å². The number of rotatable bonds is 3. The zero-order valence-electron chi connectivity index (χ0n) is 8.41. The lowest BCUT2D eigenvalue weighted by Gasteiger charge is -2.17. The maximum absolute atomic E-state index is 11.2. The Morgan fingerprint density at radius 2 is 2.07 bits per heavy atom. The minimum atomic E-state index is -1.60. The van der Waals surface area contributed by atoms with E-state index in [1.165, 1.54) is 13.3 Å². The first kappa shape index (κ1) is 15.2. The second-order valence-corrected chi connectivity index (χ2v) is 7.19. The molecule has 15 heavy (non-hydrogen) atoms.